The summed E-state index contributed by atoms with van der Waals surface area (Å²) in [6.07, 6.45) is 1.83. The first-order valence-corrected chi connectivity index (χ1v) is 7.87. The summed E-state index contributed by atoms with van der Waals surface area (Å²) in [5, 5.41) is 14.4. The smallest absolute Gasteiger partial charge is 0.123 e. The molecule has 1 heterocycles. The van der Waals surface area contributed by atoms with E-state index >= 15 is 0 Å². The summed E-state index contributed by atoms with van der Waals surface area (Å²) >= 11 is 6.05. The number of methoxy groups -OCH3 is 1. The molecule has 21 heavy (non-hydrogen) atoms. The van der Waals surface area contributed by atoms with Crippen LogP contribution in [0.5, 0.6) is 5.75 Å². The molecule has 1 fully saturated rings. The van der Waals surface area contributed by atoms with Gasteiger partial charge in [0.1, 0.15) is 5.75 Å². The number of hydrogen-bond acceptors (Lipinski definition) is 4. The van der Waals surface area contributed by atoms with Gasteiger partial charge >= 0.3 is 0 Å². The average Bonchev–Trinajstić information content (AvgIpc) is 2.48. The molecule has 1 atom stereocenters. The Kier molecular flexibility index (Phi) is 6.30. The maximum Gasteiger partial charge on any atom is 0.123 e. The number of piperidine rings is 1. The Labute approximate surface area is 132 Å². The first-order chi connectivity index (χ1) is 10.1. The van der Waals surface area contributed by atoms with Crippen molar-refractivity contribution in [2.45, 2.75) is 25.5 Å². The molecule has 0 saturated carbocycles. The number of rotatable bonds is 6. The number of likely N-dealkylation sites (N-methyl/N-ethyl adjacent to an activating group) is 1. The van der Waals surface area contributed by atoms with Crippen molar-refractivity contribution in [3.05, 3.63) is 28.8 Å². The lowest BCUT2D eigenvalue weighted by molar-refractivity contribution is 0.0560. The summed E-state index contributed by atoms with van der Waals surface area (Å²) in [6.45, 7) is 3.40. The van der Waals surface area contributed by atoms with Crippen LogP contribution >= 0.6 is 11.6 Å². The third-order valence-electron chi connectivity index (χ3n) is 4.11. The van der Waals surface area contributed by atoms with Crippen molar-refractivity contribution >= 4 is 11.6 Å². The second kappa shape index (κ2) is 7.99. The van der Waals surface area contributed by atoms with Crippen molar-refractivity contribution < 1.29 is 9.84 Å². The van der Waals surface area contributed by atoms with E-state index in [2.05, 4.69) is 10.2 Å². The van der Waals surface area contributed by atoms with E-state index < -0.39 is 0 Å². The minimum atomic E-state index is -0.276. The second-order valence-corrected chi connectivity index (χ2v) is 6.24. The van der Waals surface area contributed by atoms with Crippen LogP contribution in [0.15, 0.2) is 18.2 Å². The van der Waals surface area contributed by atoms with E-state index in [0.29, 0.717) is 24.0 Å². The number of hydrogen-bond donors (Lipinski definition) is 2. The molecule has 2 N–H and O–H groups in total. The van der Waals surface area contributed by atoms with Crippen LogP contribution in [0.4, 0.5) is 0 Å². The van der Waals surface area contributed by atoms with Crippen molar-refractivity contribution in [3.63, 3.8) is 0 Å². The largest absolute Gasteiger partial charge is 0.496 e. The molecular formula is C16H25ClN2O2. The Bertz CT molecular complexity index is 450. The number of aliphatic hydroxyl groups excluding tert-OH is 1. The van der Waals surface area contributed by atoms with Gasteiger partial charge in [-0.2, -0.15) is 0 Å². The molecule has 1 aliphatic heterocycles. The molecule has 2 rings (SSSR count). The van der Waals surface area contributed by atoms with Gasteiger partial charge < -0.3 is 15.2 Å². The number of nitrogens with one attached hydrogen (secondary N) is 1. The molecule has 5 heteroatoms. The highest BCUT2D eigenvalue weighted by Crippen LogP contribution is 2.24. The van der Waals surface area contributed by atoms with Crippen LogP contribution in [0.3, 0.4) is 0 Å². The molecule has 118 valence electrons. The summed E-state index contributed by atoms with van der Waals surface area (Å²) in [4.78, 5) is 2.13. The Balaban J connectivity index is 1.91. The van der Waals surface area contributed by atoms with Gasteiger partial charge in [-0.25, -0.2) is 0 Å². The van der Waals surface area contributed by atoms with Crippen LogP contribution in [0.1, 0.15) is 18.4 Å². The van der Waals surface area contributed by atoms with Gasteiger partial charge in [0.2, 0.25) is 0 Å². The minimum absolute atomic E-state index is 0.276. The molecule has 1 aliphatic rings. The quantitative estimate of drug-likeness (QED) is 0.845. The zero-order valence-corrected chi connectivity index (χ0v) is 13.6. The van der Waals surface area contributed by atoms with Gasteiger partial charge in [0.25, 0.3) is 0 Å². The predicted octanol–water partition coefficient (Wildman–Crippen LogP) is 2.14. The molecule has 0 radical (unpaired) electrons. The van der Waals surface area contributed by atoms with Crippen LogP contribution in [0.2, 0.25) is 5.02 Å². The fourth-order valence-corrected chi connectivity index (χ4v) is 3.12. The van der Waals surface area contributed by atoms with E-state index in [4.69, 9.17) is 16.3 Å². The predicted molar refractivity (Wildman–Crippen MR) is 85.9 cm³/mol. The second-order valence-electron chi connectivity index (χ2n) is 5.81. The van der Waals surface area contributed by atoms with Gasteiger partial charge in [0.05, 0.1) is 13.2 Å². The van der Waals surface area contributed by atoms with Crippen LogP contribution < -0.4 is 10.1 Å². The number of benzene rings is 1. The molecule has 4 nitrogen and oxygen atoms in total. The Morgan fingerprint density at radius 1 is 1.43 bits per heavy atom. The number of nitrogens with zero attached hydrogens (tertiary/aromatic N) is 1. The molecule has 0 spiro atoms. The molecule has 0 bridgehead atoms. The van der Waals surface area contributed by atoms with E-state index in [1.165, 1.54) is 0 Å². The number of halogens is 1. The summed E-state index contributed by atoms with van der Waals surface area (Å²) in [5.41, 5.74) is 1.05. The summed E-state index contributed by atoms with van der Waals surface area (Å²) in [7, 11) is 3.68. The molecule has 1 unspecified atom stereocenters. The Morgan fingerprint density at radius 2 is 2.14 bits per heavy atom. The number of ether oxygens (including phenoxy) is 1. The monoisotopic (exact) mass is 312 g/mol. The van der Waals surface area contributed by atoms with Crippen LogP contribution in [-0.2, 0) is 6.54 Å². The van der Waals surface area contributed by atoms with Gasteiger partial charge in [-0.3, -0.25) is 4.90 Å². The summed E-state index contributed by atoms with van der Waals surface area (Å²) < 4.78 is 5.37. The van der Waals surface area contributed by atoms with E-state index in [9.17, 15) is 5.11 Å². The third kappa shape index (κ3) is 4.85. The van der Waals surface area contributed by atoms with Crippen LogP contribution in [0, 0.1) is 5.92 Å². The fraction of sp³-hybridized carbons (Fsp3) is 0.625. The van der Waals surface area contributed by atoms with Crippen molar-refractivity contribution in [1.29, 1.82) is 0 Å². The molecule has 1 aromatic carbocycles. The zero-order chi connectivity index (χ0) is 15.2. The minimum Gasteiger partial charge on any atom is -0.496 e. The van der Waals surface area contributed by atoms with Gasteiger partial charge in [0.15, 0.2) is 0 Å². The lowest BCUT2D eigenvalue weighted by Crippen LogP contribution is -2.39. The van der Waals surface area contributed by atoms with Gasteiger partial charge in [-0.05, 0) is 57.1 Å². The molecule has 1 aromatic rings. The molecule has 0 amide bonds. The third-order valence-corrected chi connectivity index (χ3v) is 4.34. The Hall–Kier alpha value is -0.810. The van der Waals surface area contributed by atoms with Crippen molar-refractivity contribution in [2.75, 3.05) is 33.8 Å². The van der Waals surface area contributed by atoms with E-state index in [0.717, 1.165) is 37.2 Å². The maximum absolute atomic E-state index is 10.4. The zero-order valence-electron chi connectivity index (χ0n) is 12.8. The van der Waals surface area contributed by atoms with E-state index in [1.807, 2.05) is 25.2 Å². The average molecular weight is 313 g/mol. The molecule has 0 aliphatic carbocycles. The van der Waals surface area contributed by atoms with Crippen LogP contribution in [0.25, 0.3) is 0 Å². The topological polar surface area (TPSA) is 44.7 Å². The lowest BCUT2D eigenvalue weighted by atomic mass is 9.92. The van der Waals surface area contributed by atoms with Crippen LogP contribution in [-0.4, -0.2) is 49.9 Å². The van der Waals surface area contributed by atoms with Crippen molar-refractivity contribution in [2.24, 2.45) is 5.92 Å². The molecule has 1 saturated heterocycles. The number of aliphatic hydroxyl groups is 1. The molecule has 0 aromatic heterocycles. The standard InChI is InChI=1S/C16H25ClN2O2/c1-19(11-15(20)12-5-7-18-8-6-12)10-13-9-14(17)3-4-16(13)21-2/h3-4,9,12,15,18,20H,5-8,10-11H2,1-2H3. The fourth-order valence-electron chi connectivity index (χ4n) is 2.92. The van der Waals surface area contributed by atoms with Gasteiger partial charge in [-0.15, -0.1) is 0 Å². The van der Waals surface area contributed by atoms with E-state index in [1.54, 1.807) is 7.11 Å². The molecular weight excluding hydrogens is 288 g/mol. The lowest BCUT2D eigenvalue weighted by Gasteiger charge is -2.30. The normalized spacial score (nSPS) is 18.0. The maximum atomic E-state index is 10.4. The van der Waals surface area contributed by atoms with E-state index in [-0.39, 0.29) is 6.10 Å². The highest BCUT2D eigenvalue weighted by Gasteiger charge is 2.22. The summed E-state index contributed by atoms with van der Waals surface area (Å²) in [6, 6.07) is 5.64. The summed E-state index contributed by atoms with van der Waals surface area (Å²) in [5.74, 6) is 1.23. The van der Waals surface area contributed by atoms with Crippen molar-refractivity contribution in [1.82, 2.24) is 10.2 Å². The van der Waals surface area contributed by atoms with Crippen molar-refractivity contribution in [3.8, 4) is 5.75 Å². The Morgan fingerprint density at radius 3 is 2.81 bits per heavy atom. The van der Waals surface area contributed by atoms with Gasteiger partial charge in [0, 0.05) is 23.7 Å². The SMILES string of the molecule is COc1ccc(Cl)cc1CN(C)CC(O)C1CCNCC1. The first kappa shape index (κ1) is 16.6. The highest BCUT2D eigenvalue weighted by atomic mass is 35.5. The van der Waals surface area contributed by atoms with Gasteiger partial charge in [-0.1, -0.05) is 11.6 Å². The highest BCUT2D eigenvalue weighted by molar-refractivity contribution is 6.30. The first-order valence-electron chi connectivity index (χ1n) is 7.50.